The van der Waals surface area contributed by atoms with Crippen molar-refractivity contribution in [3.63, 3.8) is 0 Å². The molecule has 0 aliphatic heterocycles. The third-order valence-corrected chi connectivity index (χ3v) is 2.62. The minimum absolute atomic E-state index is 0.254. The Kier molecular flexibility index (Phi) is 2.91. The molecule has 0 spiro atoms. The first-order chi connectivity index (χ1) is 7.66. The number of hydrogen-bond acceptors (Lipinski definition) is 1. The molecule has 2 heteroatoms. The Bertz CT molecular complexity index is 506. The van der Waals surface area contributed by atoms with Crippen molar-refractivity contribution in [3.8, 4) is 0 Å². The van der Waals surface area contributed by atoms with Gasteiger partial charge in [-0.15, -0.1) is 0 Å². The third-order valence-electron chi connectivity index (χ3n) is 2.62. The maximum atomic E-state index is 13.2. The Balaban J connectivity index is 2.31. The van der Waals surface area contributed by atoms with Crippen molar-refractivity contribution in [2.24, 2.45) is 0 Å². The molecule has 82 valence electrons. The van der Waals surface area contributed by atoms with Crippen molar-refractivity contribution in [2.75, 3.05) is 5.73 Å². The summed E-state index contributed by atoms with van der Waals surface area (Å²) in [6, 6.07) is 13.1. The number of rotatable bonds is 2. The molecule has 2 N–H and O–H groups in total. The van der Waals surface area contributed by atoms with Crippen molar-refractivity contribution in [1.82, 2.24) is 0 Å². The van der Waals surface area contributed by atoms with Gasteiger partial charge in [-0.2, -0.15) is 0 Å². The molecule has 0 unspecified atom stereocenters. The first-order valence-corrected chi connectivity index (χ1v) is 5.25. The highest BCUT2D eigenvalue weighted by atomic mass is 19.1. The lowest BCUT2D eigenvalue weighted by Gasteiger charge is -2.07. The van der Waals surface area contributed by atoms with Gasteiger partial charge in [0.05, 0.1) is 5.69 Å². The van der Waals surface area contributed by atoms with E-state index in [9.17, 15) is 4.39 Å². The average Bonchev–Trinajstić information content (AvgIpc) is 2.25. The molecule has 0 aromatic heterocycles. The zero-order valence-electron chi connectivity index (χ0n) is 9.20. The van der Waals surface area contributed by atoms with Crippen LogP contribution in [0.15, 0.2) is 42.5 Å². The second kappa shape index (κ2) is 4.35. The summed E-state index contributed by atoms with van der Waals surface area (Å²) in [6.45, 7) is 2.04. The van der Waals surface area contributed by atoms with Gasteiger partial charge >= 0.3 is 0 Å². The smallest absolute Gasteiger partial charge is 0.146 e. The molecule has 0 heterocycles. The summed E-state index contributed by atoms with van der Waals surface area (Å²) < 4.78 is 13.2. The van der Waals surface area contributed by atoms with E-state index in [-0.39, 0.29) is 11.5 Å². The van der Waals surface area contributed by atoms with Crippen molar-refractivity contribution < 1.29 is 4.39 Å². The summed E-state index contributed by atoms with van der Waals surface area (Å²) in [5.41, 5.74) is 9.14. The summed E-state index contributed by atoms with van der Waals surface area (Å²) in [5.74, 6) is -0.342. The van der Waals surface area contributed by atoms with Gasteiger partial charge < -0.3 is 5.73 Å². The lowest BCUT2D eigenvalue weighted by molar-refractivity contribution is 0.631. The van der Waals surface area contributed by atoms with Crippen molar-refractivity contribution in [2.45, 2.75) is 13.3 Å². The molecule has 2 aromatic carbocycles. The maximum Gasteiger partial charge on any atom is 0.146 e. The number of nitrogen functional groups attached to an aromatic ring is 1. The van der Waals surface area contributed by atoms with Gasteiger partial charge in [-0.1, -0.05) is 42.0 Å². The lowest BCUT2D eigenvalue weighted by atomic mass is 10.0. The third kappa shape index (κ3) is 2.22. The molecule has 0 aliphatic carbocycles. The van der Waals surface area contributed by atoms with Crippen LogP contribution in [0, 0.1) is 12.7 Å². The van der Waals surface area contributed by atoms with E-state index in [4.69, 9.17) is 5.73 Å². The number of para-hydroxylation sites is 1. The number of anilines is 1. The predicted molar refractivity (Wildman–Crippen MR) is 64.8 cm³/mol. The molecule has 0 saturated heterocycles. The predicted octanol–water partition coefficient (Wildman–Crippen LogP) is 3.31. The molecular weight excluding hydrogens is 201 g/mol. The van der Waals surface area contributed by atoms with Crippen molar-refractivity contribution in [3.05, 3.63) is 65.0 Å². The molecule has 0 atom stereocenters. The van der Waals surface area contributed by atoms with Crippen LogP contribution in [0.25, 0.3) is 0 Å². The van der Waals surface area contributed by atoms with Crippen LogP contribution in [0.5, 0.6) is 0 Å². The van der Waals surface area contributed by atoms with Gasteiger partial charge in [0.25, 0.3) is 0 Å². The topological polar surface area (TPSA) is 26.0 Å². The number of benzene rings is 2. The van der Waals surface area contributed by atoms with E-state index in [1.165, 1.54) is 11.6 Å². The highest BCUT2D eigenvalue weighted by molar-refractivity contribution is 5.50. The standard InChI is InChI=1S/C14H14FN/c1-10-4-2-5-11(8-10)9-12-6-3-7-13(15)14(12)16/h2-8H,9,16H2,1H3. The van der Waals surface area contributed by atoms with Crippen LogP contribution in [0.3, 0.4) is 0 Å². The van der Waals surface area contributed by atoms with Gasteiger partial charge in [0, 0.05) is 0 Å². The molecule has 0 bridgehead atoms. The fourth-order valence-electron chi connectivity index (χ4n) is 1.78. The van der Waals surface area contributed by atoms with Gasteiger partial charge in [-0.3, -0.25) is 0 Å². The van der Waals surface area contributed by atoms with Crippen LogP contribution >= 0.6 is 0 Å². The molecule has 16 heavy (non-hydrogen) atoms. The molecule has 2 rings (SSSR count). The lowest BCUT2D eigenvalue weighted by Crippen LogP contribution is -1.98. The first kappa shape index (κ1) is 10.7. The highest BCUT2D eigenvalue weighted by Gasteiger charge is 2.04. The molecule has 0 saturated carbocycles. The van der Waals surface area contributed by atoms with Gasteiger partial charge in [0.15, 0.2) is 0 Å². The fraction of sp³-hybridized carbons (Fsp3) is 0.143. The molecule has 0 aliphatic rings. The Morgan fingerprint density at radius 3 is 2.62 bits per heavy atom. The Labute approximate surface area is 94.7 Å². The second-order valence-corrected chi connectivity index (χ2v) is 3.98. The van der Waals surface area contributed by atoms with E-state index in [0.29, 0.717) is 6.42 Å². The van der Waals surface area contributed by atoms with E-state index in [1.54, 1.807) is 6.07 Å². The van der Waals surface area contributed by atoms with Gasteiger partial charge in [-0.05, 0) is 30.5 Å². The van der Waals surface area contributed by atoms with Crippen LogP contribution in [0.4, 0.5) is 10.1 Å². The normalized spacial score (nSPS) is 10.4. The Morgan fingerprint density at radius 1 is 1.12 bits per heavy atom. The number of nitrogens with two attached hydrogens (primary N) is 1. The van der Waals surface area contributed by atoms with Gasteiger partial charge in [0.2, 0.25) is 0 Å². The zero-order chi connectivity index (χ0) is 11.5. The quantitative estimate of drug-likeness (QED) is 0.764. The highest BCUT2D eigenvalue weighted by Crippen LogP contribution is 2.19. The maximum absolute atomic E-state index is 13.2. The average molecular weight is 215 g/mol. The SMILES string of the molecule is Cc1cccc(Cc2cccc(F)c2N)c1. The molecular formula is C14H14FN. The van der Waals surface area contributed by atoms with Gasteiger partial charge in [-0.25, -0.2) is 4.39 Å². The second-order valence-electron chi connectivity index (χ2n) is 3.98. The van der Waals surface area contributed by atoms with Crippen LogP contribution < -0.4 is 5.73 Å². The van der Waals surface area contributed by atoms with Crippen LogP contribution in [0.2, 0.25) is 0 Å². The number of hydrogen-bond donors (Lipinski definition) is 1. The Morgan fingerprint density at radius 2 is 1.88 bits per heavy atom. The van der Waals surface area contributed by atoms with E-state index >= 15 is 0 Å². The summed E-state index contributed by atoms with van der Waals surface area (Å²) in [5, 5.41) is 0. The van der Waals surface area contributed by atoms with Gasteiger partial charge in [0.1, 0.15) is 5.82 Å². The summed E-state index contributed by atoms with van der Waals surface area (Å²) in [4.78, 5) is 0. The number of aryl methyl sites for hydroxylation is 1. The van der Waals surface area contributed by atoms with Crippen LogP contribution in [0.1, 0.15) is 16.7 Å². The summed E-state index contributed by atoms with van der Waals surface area (Å²) >= 11 is 0. The Hall–Kier alpha value is -1.83. The molecule has 1 nitrogen and oxygen atoms in total. The largest absolute Gasteiger partial charge is 0.396 e. The van der Waals surface area contributed by atoms with Crippen molar-refractivity contribution in [1.29, 1.82) is 0 Å². The summed E-state index contributed by atoms with van der Waals surface area (Å²) in [7, 11) is 0. The van der Waals surface area contributed by atoms with E-state index < -0.39 is 0 Å². The molecule has 0 fully saturated rings. The van der Waals surface area contributed by atoms with E-state index in [2.05, 4.69) is 6.07 Å². The number of halogens is 1. The van der Waals surface area contributed by atoms with Crippen LogP contribution in [-0.4, -0.2) is 0 Å². The molecule has 2 aromatic rings. The van der Waals surface area contributed by atoms with Crippen LogP contribution in [-0.2, 0) is 6.42 Å². The zero-order valence-corrected chi connectivity index (χ0v) is 9.20. The monoisotopic (exact) mass is 215 g/mol. The minimum atomic E-state index is -0.342. The minimum Gasteiger partial charge on any atom is -0.396 e. The molecule has 0 amide bonds. The first-order valence-electron chi connectivity index (χ1n) is 5.25. The van der Waals surface area contributed by atoms with Crippen molar-refractivity contribution >= 4 is 5.69 Å². The van der Waals surface area contributed by atoms with E-state index in [0.717, 1.165) is 11.1 Å². The fourth-order valence-corrected chi connectivity index (χ4v) is 1.78. The van der Waals surface area contributed by atoms with E-state index in [1.807, 2.05) is 31.2 Å². The summed E-state index contributed by atoms with van der Waals surface area (Å²) in [6.07, 6.45) is 0.672. The molecule has 0 radical (unpaired) electrons.